The van der Waals surface area contributed by atoms with E-state index in [9.17, 15) is 18.0 Å². The molecule has 4 rings (SSSR count). The molecule has 6 nitrogen and oxygen atoms in total. The third kappa shape index (κ3) is 3.87. The molecule has 162 valence electrons. The van der Waals surface area contributed by atoms with Crippen LogP contribution in [0.3, 0.4) is 0 Å². The first kappa shape index (κ1) is 20.9. The second-order valence-corrected chi connectivity index (χ2v) is 7.75. The van der Waals surface area contributed by atoms with Gasteiger partial charge in [0, 0.05) is 30.2 Å². The lowest BCUT2D eigenvalue weighted by Gasteiger charge is -2.20. The van der Waals surface area contributed by atoms with Crippen molar-refractivity contribution < 1.29 is 18.0 Å². The van der Waals surface area contributed by atoms with Gasteiger partial charge in [0.05, 0.1) is 17.1 Å². The first-order valence-electron chi connectivity index (χ1n) is 9.87. The first-order valence-corrected chi connectivity index (χ1v) is 9.87. The van der Waals surface area contributed by atoms with Crippen LogP contribution in [0.4, 0.5) is 30.4 Å². The summed E-state index contributed by atoms with van der Waals surface area (Å²) in [5.41, 5.74) is 7.85. The van der Waals surface area contributed by atoms with Crippen molar-refractivity contribution in [2.24, 2.45) is 0 Å². The number of amides is 1. The van der Waals surface area contributed by atoms with Gasteiger partial charge in [0.2, 0.25) is 5.91 Å². The van der Waals surface area contributed by atoms with E-state index in [1.807, 2.05) is 12.1 Å². The maximum absolute atomic E-state index is 13.2. The zero-order valence-electron chi connectivity index (χ0n) is 17.3. The van der Waals surface area contributed by atoms with Crippen molar-refractivity contribution in [1.29, 1.82) is 0 Å². The summed E-state index contributed by atoms with van der Waals surface area (Å²) in [4.78, 5) is 22.7. The van der Waals surface area contributed by atoms with Gasteiger partial charge in [0.15, 0.2) is 0 Å². The van der Waals surface area contributed by atoms with Crippen LogP contribution in [0.5, 0.6) is 0 Å². The van der Waals surface area contributed by atoms with Crippen LogP contribution in [-0.4, -0.2) is 22.4 Å². The summed E-state index contributed by atoms with van der Waals surface area (Å²) in [6, 6.07) is 6.74. The Kier molecular flexibility index (Phi) is 4.99. The molecule has 2 aromatic carbocycles. The number of hydrogen-bond acceptors (Lipinski definition) is 5. The summed E-state index contributed by atoms with van der Waals surface area (Å²) in [7, 11) is 0. The third-order valence-electron chi connectivity index (χ3n) is 5.47. The van der Waals surface area contributed by atoms with E-state index in [1.165, 1.54) is 13.0 Å². The number of hydrogen-bond donors (Lipinski definition) is 2. The van der Waals surface area contributed by atoms with E-state index in [2.05, 4.69) is 15.3 Å². The van der Waals surface area contributed by atoms with Crippen molar-refractivity contribution in [3.05, 3.63) is 52.8 Å². The number of rotatable bonds is 3. The molecular formula is C22H22F3N5O. The van der Waals surface area contributed by atoms with Crippen molar-refractivity contribution in [2.75, 3.05) is 22.5 Å². The molecule has 3 N–H and O–H groups in total. The topological polar surface area (TPSA) is 84.1 Å². The standard InChI is InChI=1S/C22H22F3N5O/c1-11(14-8-15(22(23,24)25)10-16(26)9-14)27-21-20-17-6-7-30(13(3)31)19(17)5-4-18(20)28-12(2)29-21/h4-5,8-11H,6-7,26H2,1-3H3,(H,27,28,29)/t11-/m1/s1. The smallest absolute Gasteiger partial charge is 0.399 e. The van der Waals surface area contributed by atoms with E-state index in [4.69, 9.17) is 5.73 Å². The molecule has 0 spiro atoms. The average molecular weight is 429 g/mol. The maximum atomic E-state index is 13.2. The predicted molar refractivity (Wildman–Crippen MR) is 114 cm³/mol. The van der Waals surface area contributed by atoms with Gasteiger partial charge in [-0.1, -0.05) is 0 Å². The van der Waals surface area contributed by atoms with E-state index in [-0.39, 0.29) is 11.6 Å². The van der Waals surface area contributed by atoms with Crippen molar-refractivity contribution in [3.8, 4) is 0 Å². The number of anilines is 3. The Balaban J connectivity index is 1.79. The summed E-state index contributed by atoms with van der Waals surface area (Å²) >= 11 is 0. The van der Waals surface area contributed by atoms with Gasteiger partial charge in [-0.25, -0.2) is 9.97 Å². The molecule has 0 bridgehead atoms. The highest BCUT2D eigenvalue weighted by Gasteiger charge is 2.32. The van der Waals surface area contributed by atoms with Crippen LogP contribution in [-0.2, 0) is 17.4 Å². The average Bonchev–Trinajstić information content (AvgIpc) is 3.10. The molecule has 0 unspecified atom stereocenters. The number of nitrogens with two attached hydrogens (primary N) is 1. The number of alkyl halides is 3. The highest BCUT2D eigenvalue weighted by molar-refractivity contribution is 6.02. The monoisotopic (exact) mass is 429 g/mol. The van der Waals surface area contributed by atoms with E-state index >= 15 is 0 Å². The lowest BCUT2D eigenvalue weighted by atomic mass is 10.0. The molecule has 1 aromatic heterocycles. The second kappa shape index (κ2) is 7.40. The fourth-order valence-corrected chi connectivity index (χ4v) is 4.06. The molecule has 1 atom stereocenters. The van der Waals surface area contributed by atoms with Crippen LogP contribution in [0.2, 0.25) is 0 Å². The fraction of sp³-hybridized carbons (Fsp3) is 0.318. The fourth-order valence-electron chi connectivity index (χ4n) is 4.06. The number of aryl methyl sites for hydroxylation is 1. The highest BCUT2D eigenvalue weighted by Crippen LogP contribution is 2.38. The van der Waals surface area contributed by atoms with Gasteiger partial charge < -0.3 is 16.0 Å². The molecule has 0 fully saturated rings. The molecule has 31 heavy (non-hydrogen) atoms. The first-order chi connectivity index (χ1) is 14.5. The number of fused-ring (bicyclic) bond motifs is 3. The minimum absolute atomic E-state index is 0.0418. The molecule has 0 radical (unpaired) electrons. The molecule has 0 aliphatic carbocycles. The molecule has 1 aliphatic heterocycles. The summed E-state index contributed by atoms with van der Waals surface area (Å²) in [5, 5.41) is 4.02. The summed E-state index contributed by atoms with van der Waals surface area (Å²) in [6.07, 6.45) is -3.84. The van der Waals surface area contributed by atoms with Crippen LogP contribution in [0.25, 0.3) is 10.9 Å². The molecule has 1 aliphatic rings. The van der Waals surface area contributed by atoms with Crippen LogP contribution in [0.1, 0.15) is 42.4 Å². The van der Waals surface area contributed by atoms with Gasteiger partial charge in [-0.3, -0.25) is 4.79 Å². The number of carbonyl (C=O) groups is 1. The Labute approximate surface area is 177 Å². The maximum Gasteiger partial charge on any atom is 0.416 e. The molecule has 1 amide bonds. The van der Waals surface area contributed by atoms with Gasteiger partial charge in [-0.2, -0.15) is 13.2 Å². The molecule has 2 heterocycles. The van der Waals surface area contributed by atoms with Crippen molar-refractivity contribution in [1.82, 2.24) is 9.97 Å². The number of benzene rings is 2. The largest absolute Gasteiger partial charge is 0.416 e. The van der Waals surface area contributed by atoms with Crippen LogP contribution in [0, 0.1) is 6.92 Å². The van der Waals surface area contributed by atoms with Crippen LogP contribution < -0.4 is 16.0 Å². The quantitative estimate of drug-likeness (QED) is 0.594. The van der Waals surface area contributed by atoms with E-state index in [0.29, 0.717) is 30.2 Å². The van der Waals surface area contributed by atoms with Crippen molar-refractivity contribution >= 4 is 34.0 Å². The Hall–Kier alpha value is -3.36. The summed E-state index contributed by atoms with van der Waals surface area (Å²) in [6.45, 7) is 5.59. The van der Waals surface area contributed by atoms with E-state index in [0.717, 1.165) is 34.3 Å². The van der Waals surface area contributed by atoms with Crippen molar-refractivity contribution in [3.63, 3.8) is 0 Å². The van der Waals surface area contributed by atoms with Crippen molar-refractivity contribution in [2.45, 2.75) is 39.4 Å². The minimum atomic E-state index is -4.49. The lowest BCUT2D eigenvalue weighted by molar-refractivity contribution is -0.137. The second-order valence-electron chi connectivity index (χ2n) is 7.75. The SMILES string of the molecule is CC(=O)N1CCc2c1ccc1nc(C)nc(N[C@H](C)c3cc(N)cc(C(F)(F)F)c3)c21. The molecule has 0 saturated heterocycles. The Morgan fingerprint density at radius 1 is 1.23 bits per heavy atom. The van der Waals surface area contributed by atoms with Gasteiger partial charge >= 0.3 is 6.18 Å². The Morgan fingerprint density at radius 3 is 2.65 bits per heavy atom. The van der Waals surface area contributed by atoms with Gasteiger partial charge in [0.25, 0.3) is 0 Å². The number of aromatic nitrogens is 2. The molecule has 9 heteroatoms. The van der Waals surface area contributed by atoms with E-state index in [1.54, 1.807) is 18.7 Å². The third-order valence-corrected chi connectivity index (χ3v) is 5.47. The van der Waals surface area contributed by atoms with Gasteiger partial charge in [0.1, 0.15) is 11.6 Å². The summed E-state index contributed by atoms with van der Waals surface area (Å²) in [5.74, 6) is 1.01. The summed E-state index contributed by atoms with van der Waals surface area (Å²) < 4.78 is 39.7. The normalized spacial score (nSPS) is 14.6. The lowest BCUT2D eigenvalue weighted by Crippen LogP contribution is -2.25. The zero-order chi connectivity index (χ0) is 22.5. The van der Waals surface area contributed by atoms with Crippen LogP contribution >= 0.6 is 0 Å². The molecule has 0 saturated carbocycles. The Bertz CT molecular complexity index is 1190. The number of halogens is 3. The highest BCUT2D eigenvalue weighted by atomic mass is 19.4. The number of carbonyl (C=O) groups excluding carboxylic acids is 1. The van der Waals surface area contributed by atoms with Gasteiger partial charge in [-0.15, -0.1) is 0 Å². The zero-order valence-corrected chi connectivity index (χ0v) is 17.3. The number of nitrogens with zero attached hydrogens (tertiary/aromatic N) is 3. The Morgan fingerprint density at radius 2 is 1.97 bits per heavy atom. The number of nitrogens with one attached hydrogen (secondary N) is 1. The number of nitrogen functional groups attached to an aromatic ring is 1. The van der Waals surface area contributed by atoms with Crippen LogP contribution in [0.15, 0.2) is 30.3 Å². The molecule has 3 aromatic rings. The van der Waals surface area contributed by atoms with Gasteiger partial charge in [-0.05, 0) is 61.7 Å². The molecular weight excluding hydrogens is 407 g/mol. The predicted octanol–water partition coefficient (Wildman–Crippen LogP) is 4.62. The van der Waals surface area contributed by atoms with E-state index < -0.39 is 17.8 Å². The minimum Gasteiger partial charge on any atom is -0.399 e.